The van der Waals surface area contributed by atoms with Gasteiger partial charge in [0.15, 0.2) is 0 Å². The van der Waals surface area contributed by atoms with Crippen molar-refractivity contribution >= 4 is 35.1 Å². The van der Waals surface area contributed by atoms with E-state index in [0.29, 0.717) is 48.4 Å². The number of aromatic nitrogens is 2. The number of ether oxygens (including phenoxy) is 1. The molecule has 3 aromatic rings. The molecule has 0 spiro atoms. The lowest BCUT2D eigenvalue weighted by Gasteiger charge is -2.35. The summed E-state index contributed by atoms with van der Waals surface area (Å²) in [5.74, 6) is 0.568. The molecule has 11 nitrogen and oxygen atoms in total. The van der Waals surface area contributed by atoms with Gasteiger partial charge in [-0.2, -0.15) is 18.2 Å². The predicted molar refractivity (Wildman–Crippen MR) is 175 cm³/mol. The van der Waals surface area contributed by atoms with Crippen molar-refractivity contribution in [3.8, 4) is 5.75 Å². The van der Waals surface area contributed by atoms with Gasteiger partial charge < -0.3 is 20.3 Å². The molecular weight excluding hydrogens is 613 g/mol. The van der Waals surface area contributed by atoms with E-state index in [-0.39, 0.29) is 42.0 Å². The predicted octanol–water partition coefficient (Wildman–Crippen LogP) is 5.68. The Morgan fingerprint density at radius 1 is 1.02 bits per heavy atom. The molecule has 2 aliphatic rings. The molecular formula is C33H41F3N8O3. The van der Waals surface area contributed by atoms with Gasteiger partial charge in [0.25, 0.3) is 5.91 Å². The number of benzene rings is 2. The number of nitrogens with one attached hydrogen (secondary N) is 2. The van der Waals surface area contributed by atoms with E-state index in [4.69, 9.17) is 4.74 Å². The summed E-state index contributed by atoms with van der Waals surface area (Å²) in [6, 6.07) is 8.25. The van der Waals surface area contributed by atoms with E-state index in [1.807, 2.05) is 25.7 Å². The van der Waals surface area contributed by atoms with Crippen LogP contribution in [0.1, 0.15) is 54.7 Å². The van der Waals surface area contributed by atoms with Crippen molar-refractivity contribution in [1.29, 1.82) is 0 Å². The monoisotopic (exact) mass is 654 g/mol. The molecule has 0 aliphatic carbocycles. The van der Waals surface area contributed by atoms with E-state index in [2.05, 4.69) is 32.4 Å². The van der Waals surface area contributed by atoms with Crippen molar-refractivity contribution in [2.24, 2.45) is 0 Å². The van der Waals surface area contributed by atoms with Crippen LogP contribution in [0.15, 0.2) is 42.6 Å². The fourth-order valence-electron chi connectivity index (χ4n) is 5.78. The smallest absolute Gasteiger partial charge is 0.416 e. The number of nitrogens with zero attached hydrogens (tertiary/aromatic N) is 6. The molecule has 0 radical (unpaired) electrons. The Hall–Kier alpha value is -4.43. The summed E-state index contributed by atoms with van der Waals surface area (Å²) < 4.78 is 48.0. The van der Waals surface area contributed by atoms with Crippen molar-refractivity contribution in [3.63, 3.8) is 0 Å². The molecule has 14 heteroatoms. The maximum atomic E-state index is 14.2. The van der Waals surface area contributed by atoms with Gasteiger partial charge >= 0.3 is 12.2 Å². The van der Waals surface area contributed by atoms with Crippen LogP contribution >= 0.6 is 0 Å². The fraction of sp³-hybridized carbons (Fsp3) is 0.455. The number of fused-ring (bicyclic) bond motifs is 1. The average molecular weight is 655 g/mol. The number of rotatable bonds is 10. The first-order valence-corrected chi connectivity index (χ1v) is 15.8. The van der Waals surface area contributed by atoms with Gasteiger partial charge in [0.05, 0.1) is 24.9 Å². The Balaban J connectivity index is 1.38. The molecule has 0 bridgehead atoms. The van der Waals surface area contributed by atoms with Crippen molar-refractivity contribution in [3.05, 3.63) is 64.8 Å². The van der Waals surface area contributed by atoms with E-state index in [1.165, 1.54) is 41.2 Å². The molecule has 3 heterocycles. The Morgan fingerprint density at radius 2 is 1.74 bits per heavy atom. The van der Waals surface area contributed by atoms with Crippen LogP contribution in [0.25, 0.3) is 0 Å². The number of hydrogen-bond acceptors (Lipinski definition) is 8. The van der Waals surface area contributed by atoms with E-state index in [9.17, 15) is 22.8 Å². The number of likely N-dealkylation sites (N-methyl/N-ethyl adjacent to an activating group) is 1. The van der Waals surface area contributed by atoms with E-state index in [0.717, 1.165) is 25.7 Å². The SMILES string of the molecule is CCN1CCN(Cc2ccc(NC(=O)c3cc(OC)cc(N4Cc5cnc(NC(C)C)nc5N(CC)C4=O)c3)cc2C(F)(F)F)CC1. The first-order valence-electron chi connectivity index (χ1n) is 15.8. The van der Waals surface area contributed by atoms with Gasteiger partial charge in [-0.25, -0.2) is 9.78 Å². The summed E-state index contributed by atoms with van der Waals surface area (Å²) in [7, 11) is 1.43. The van der Waals surface area contributed by atoms with Gasteiger partial charge in [-0.05, 0) is 57.1 Å². The molecule has 5 rings (SSSR count). The minimum Gasteiger partial charge on any atom is -0.497 e. The first-order chi connectivity index (χ1) is 22.4. The maximum absolute atomic E-state index is 14.2. The summed E-state index contributed by atoms with van der Waals surface area (Å²) in [4.78, 5) is 43.4. The minimum absolute atomic E-state index is 0.00865. The Bertz CT molecular complexity index is 1610. The Morgan fingerprint density at radius 3 is 2.38 bits per heavy atom. The van der Waals surface area contributed by atoms with Crippen LogP contribution in [0.3, 0.4) is 0 Å². The van der Waals surface area contributed by atoms with Gasteiger partial charge in [0.1, 0.15) is 11.6 Å². The summed E-state index contributed by atoms with van der Waals surface area (Å²) in [5, 5.41) is 5.76. The standard InChI is InChI=1S/C33H41F3N8O3/c1-6-41-10-12-42(13-11-41)19-22-8-9-25(16-28(22)33(34,35)36)39-30(45)23-14-26(17-27(15-23)47-5)44-20-24-18-37-31(38-21(3)4)40-29(24)43(7-2)32(44)46/h8-9,14-18,21H,6-7,10-13,19-20H2,1-5H3,(H,39,45)(H,37,38,40). The van der Waals surface area contributed by atoms with Gasteiger partial charge in [0.2, 0.25) is 5.95 Å². The van der Waals surface area contributed by atoms with Gasteiger partial charge in [-0.3, -0.25) is 19.5 Å². The normalized spacial score (nSPS) is 16.0. The lowest BCUT2D eigenvalue weighted by molar-refractivity contribution is -0.138. The number of carbonyl (C=O) groups is 2. The second kappa shape index (κ2) is 14.1. The molecule has 0 atom stereocenters. The fourth-order valence-corrected chi connectivity index (χ4v) is 5.78. The summed E-state index contributed by atoms with van der Waals surface area (Å²) in [6.07, 6.45) is -2.94. The topological polar surface area (TPSA) is 106 Å². The van der Waals surface area contributed by atoms with Crippen LogP contribution in [0.5, 0.6) is 5.75 Å². The van der Waals surface area contributed by atoms with E-state index < -0.39 is 17.6 Å². The lowest BCUT2D eigenvalue weighted by atomic mass is 10.0. The number of piperazine rings is 1. The van der Waals surface area contributed by atoms with Crippen LogP contribution in [-0.2, 0) is 19.3 Å². The maximum Gasteiger partial charge on any atom is 0.416 e. The molecule has 2 aliphatic heterocycles. The third kappa shape index (κ3) is 7.76. The van der Waals surface area contributed by atoms with Crippen molar-refractivity contribution < 1.29 is 27.5 Å². The molecule has 1 aromatic heterocycles. The molecule has 2 aromatic carbocycles. The number of alkyl halides is 3. The number of carbonyl (C=O) groups excluding carboxylic acids is 2. The van der Waals surface area contributed by atoms with Crippen molar-refractivity contribution in [2.45, 2.75) is 53.0 Å². The zero-order valence-electron chi connectivity index (χ0n) is 27.3. The van der Waals surface area contributed by atoms with Gasteiger partial charge in [0, 0.05) is 74.4 Å². The molecule has 47 heavy (non-hydrogen) atoms. The van der Waals surface area contributed by atoms with Crippen molar-refractivity contribution in [2.75, 3.05) is 66.8 Å². The zero-order valence-corrected chi connectivity index (χ0v) is 27.3. The van der Waals surface area contributed by atoms with E-state index >= 15 is 0 Å². The number of anilines is 4. The number of methoxy groups -OCH3 is 1. The molecule has 1 saturated heterocycles. The third-order valence-electron chi connectivity index (χ3n) is 8.30. The highest BCUT2D eigenvalue weighted by molar-refractivity contribution is 6.08. The van der Waals surface area contributed by atoms with Crippen LogP contribution in [-0.4, -0.2) is 84.1 Å². The molecule has 3 amide bonds. The second-order valence-electron chi connectivity index (χ2n) is 11.9. The van der Waals surface area contributed by atoms with Crippen LogP contribution in [0.2, 0.25) is 0 Å². The number of amides is 3. The van der Waals surface area contributed by atoms with Crippen molar-refractivity contribution in [1.82, 2.24) is 19.8 Å². The number of hydrogen-bond donors (Lipinski definition) is 2. The number of halogens is 3. The average Bonchev–Trinajstić information content (AvgIpc) is 3.04. The molecule has 2 N–H and O–H groups in total. The van der Waals surface area contributed by atoms with Gasteiger partial charge in [-0.1, -0.05) is 13.0 Å². The van der Waals surface area contributed by atoms with Crippen LogP contribution in [0.4, 0.5) is 41.1 Å². The summed E-state index contributed by atoms with van der Waals surface area (Å²) >= 11 is 0. The third-order valence-corrected chi connectivity index (χ3v) is 8.30. The lowest BCUT2D eigenvalue weighted by Crippen LogP contribution is -2.48. The highest BCUT2D eigenvalue weighted by atomic mass is 19.4. The Labute approximate surface area is 272 Å². The summed E-state index contributed by atoms with van der Waals surface area (Å²) in [5.41, 5.74) is 0.578. The Kier molecular flexibility index (Phi) is 10.2. The van der Waals surface area contributed by atoms with Crippen LogP contribution < -0.4 is 25.2 Å². The second-order valence-corrected chi connectivity index (χ2v) is 11.9. The number of urea groups is 1. The highest BCUT2D eigenvalue weighted by Crippen LogP contribution is 2.36. The quantitative estimate of drug-likeness (QED) is 0.288. The van der Waals surface area contributed by atoms with Gasteiger partial charge in [-0.15, -0.1) is 0 Å². The minimum atomic E-state index is -4.60. The molecule has 0 unspecified atom stereocenters. The largest absolute Gasteiger partial charge is 0.497 e. The first kappa shape index (κ1) is 33.9. The van der Waals surface area contributed by atoms with E-state index in [1.54, 1.807) is 12.3 Å². The van der Waals surface area contributed by atoms with Crippen LogP contribution in [0, 0.1) is 0 Å². The summed E-state index contributed by atoms with van der Waals surface area (Å²) in [6.45, 7) is 12.4. The molecule has 0 saturated carbocycles. The molecule has 252 valence electrons. The zero-order chi connectivity index (χ0) is 33.9. The molecule has 1 fully saturated rings. The highest BCUT2D eigenvalue weighted by Gasteiger charge is 2.35.